The van der Waals surface area contributed by atoms with E-state index in [1.807, 2.05) is 27.7 Å². The van der Waals surface area contributed by atoms with Gasteiger partial charge in [0, 0.05) is 29.7 Å². The molecule has 0 radical (unpaired) electrons. The fraction of sp³-hybridized carbons (Fsp3) is 0.500. The standard InChI is InChI=1S/C20H27ClN6O2S/c1-19(2,3)29-18(28)26-20(4)6-9-27(10-7-20)14-11-25-15(12-24-14)30-13-5-8-23-17(22)16(13)21/h5,8,11-12H,6-7,9-10H2,1-4H3,(H2,22,23)(H,26,28). The van der Waals surface area contributed by atoms with E-state index in [9.17, 15) is 4.79 Å². The molecule has 30 heavy (non-hydrogen) atoms. The second-order valence-corrected chi connectivity index (χ2v) is 9.94. The third-order valence-electron chi connectivity index (χ3n) is 4.70. The van der Waals surface area contributed by atoms with Crippen molar-refractivity contribution in [1.29, 1.82) is 0 Å². The molecule has 3 N–H and O–H groups in total. The molecule has 3 rings (SSSR count). The van der Waals surface area contributed by atoms with Crippen LogP contribution in [0.5, 0.6) is 0 Å². The van der Waals surface area contributed by atoms with Crippen LogP contribution < -0.4 is 16.0 Å². The minimum Gasteiger partial charge on any atom is -0.444 e. The molecule has 1 fully saturated rings. The Hall–Kier alpha value is -2.26. The van der Waals surface area contributed by atoms with Crippen LogP contribution in [0.15, 0.2) is 34.6 Å². The smallest absolute Gasteiger partial charge is 0.408 e. The highest BCUT2D eigenvalue weighted by Gasteiger charge is 2.33. The van der Waals surface area contributed by atoms with Gasteiger partial charge in [0.1, 0.15) is 22.3 Å². The highest BCUT2D eigenvalue weighted by molar-refractivity contribution is 7.99. The van der Waals surface area contributed by atoms with E-state index in [4.69, 9.17) is 22.1 Å². The third-order valence-corrected chi connectivity index (χ3v) is 6.19. The van der Waals surface area contributed by atoms with Crippen molar-refractivity contribution in [3.05, 3.63) is 29.7 Å². The first-order valence-electron chi connectivity index (χ1n) is 9.71. The van der Waals surface area contributed by atoms with Gasteiger partial charge in [0.15, 0.2) is 0 Å². The van der Waals surface area contributed by atoms with E-state index in [1.54, 1.807) is 24.7 Å². The molecule has 0 bridgehead atoms. The summed E-state index contributed by atoms with van der Waals surface area (Å²) in [6, 6.07) is 1.79. The van der Waals surface area contributed by atoms with Crippen LogP contribution in [0.25, 0.3) is 0 Å². The average Bonchev–Trinajstić information content (AvgIpc) is 2.65. The molecular formula is C20H27ClN6O2S. The second kappa shape index (κ2) is 8.85. The van der Waals surface area contributed by atoms with Crippen LogP contribution in [0.4, 0.5) is 16.4 Å². The minimum absolute atomic E-state index is 0.294. The lowest BCUT2D eigenvalue weighted by molar-refractivity contribution is 0.0448. The second-order valence-electron chi connectivity index (χ2n) is 8.50. The molecule has 8 nitrogen and oxygen atoms in total. The summed E-state index contributed by atoms with van der Waals surface area (Å²) in [5, 5.41) is 4.15. The number of nitrogen functional groups attached to an aromatic ring is 1. The zero-order chi connectivity index (χ0) is 21.9. The Morgan fingerprint density at radius 2 is 1.97 bits per heavy atom. The molecule has 1 saturated heterocycles. The Bertz CT molecular complexity index is 895. The molecule has 0 unspecified atom stereocenters. The molecule has 1 aliphatic heterocycles. The molecule has 0 spiro atoms. The molecular weight excluding hydrogens is 424 g/mol. The molecule has 10 heteroatoms. The molecule has 0 saturated carbocycles. The van der Waals surface area contributed by atoms with Gasteiger partial charge in [-0.05, 0) is 46.6 Å². The van der Waals surface area contributed by atoms with E-state index in [0.717, 1.165) is 41.7 Å². The van der Waals surface area contributed by atoms with E-state index in [1.165, 1.54) is 11.8 Å². The average molecular weight is 451 g/mol. The third kappa shape index (κ3) is 5.89. The van der Waals surface area contributed by atoms with Crippen molar-refractivity contribution >= 4 is 41.1 Å². The van der Waals surface area contributed by atoms with Gasteiger partial charge < -0.3 is 20.7 Å². The molecule has 162 valence electrons. The number of rotatable bonds is 4. The summed E-state index contributed by atoms with van der Waals surface area (Å²) in [5.41, 5.74) is 4.93. The number of aromatic nitrogens is 3. The number of nitrogens with zero attached hydrogens (tertiary/aromatic N) is 4. The van der Waals surface area contributed by atoms with Gasteiger partial charge in [-0.3, -0.25) is 0 Å². The van der Waals surface area contributed by atoms with E-state index in [0.29, 0.717) is 10.8 Å². The van der Waals surface area contributed by atoms with E-state index in [2.05, 4.69) is 25.2 Å². The Morgan fingerprint density at radius 1 is 1.27 bits per heavy atom. The lowest BCUT2D eigenvalue weighted by atomic mass is 9.90. The van der Waals surface area contributed by atoms with Crippen molar-refractivity contribution in [1.82, 2.24) is 20.3 Å². The Kier molecular flexibility index (Phi) is 6.62. The van der Waals surface area contributed by atoms with Crippen molar-refractivity contribution in [2.24, 2.45) is 0 Å². The fourth-order valence-corrected chi connectivity index (χ4v) is 4.05. The minimum atomic E-state index is -0.511. The first-order chi connectivity index (χ1) is 14.0. The number of amides is 1. The van der Waals surface area contributed by atoms with Gasteiger partial charge in [-0.2, -0.15) is 0 Å². The number of carbonyl (C=O) groups is 1. The highest BCUT2D eigenvalue weighted by atomic mass is 35.5. The van der Waals surface area contributed by atoms with Crippen LogP contribution >= 0.6 is 23.4 Å². The van der Waals surface area contributed by atoms with Crippen molar-refractivity contribution in [2.45, 2.75) is 61.6 Å². The lowest BCUT2D eigenvalue weighted by Gasteiger charge is -2.40. The van der Waals surface area contributed by atoms with Gasteiger partial charge in [0.05, 0.1) is 17.4 Å². The van der Waals surface area contributed by atoms with Gasteiger partial charge in [0.2, 0.25) is 0 Å². The molecule has 0 aliphatic carbocycles. The molecule has 0 aromatic carbocycles. The van der Waals surface area contributed by atoms with Crippen LogP contribution in [-0.2, 0) is 4.74 Å². The number of piperidine rings is 1. The van der Waals surface area contributed by atoms with Gasteiger partial charge in [0.25, 0.3) is 0 Å². The Balaban J connectivity index is 1.57. The van der Waals surface area contributed by atoms with E-state index in [-0.39, 0.29) is 11.6 Å². The summed E-state index contributed by atoms with van der Waals surface area (Å²) in [6.07, 6.45) is 6.29. The summed E-state index contributed by atoms with van der Waals surface area (Å²) < 4.78 is 5.39. The van der Waals surface area contributed by atoms with Gasteiger partial charge in [-0.25, -0.2) is 19.7 Å². The van der Waals surface area contributed by atoms with Crippen LogP contribution in [-0.4, -0.2) is 45.3 Å². The maximum Gasteiger partial charge on any atom is 0.408 e. The van der Waals surface area contributed by atoms with Gasteiger partial charge in [-0.15, -0.1) is 0 Å². The molecule has 3 heterocycles. The summed E-state index contributed by atoms with van der Waals surface area (Å²) in [6.45, 7) is 9.14. The number of carbonyl (C=O) groups excluding carboxylic acids is 1. The van der Waals surface area contributed by atoms with Crippen LogP contribution in [0.1, 0.15) is 40.5 Å². The Labute approximate surface area is 186 Å². The molecule has 1 aliphatic rings. The molecule has 2 aromatic rings. The summed E-state index contributed by atoms with van der Waals surface area (Å²) in [5.74, 6) is 1.10. The summed E-state index contributed by atoms with van der Waals surface area (Å²) in [7, 11) is 0. The number of hydrogen-bond donors (Lipinski definition) is 2. The first-order valence-corrected chi connectivity index (χ1v) is 10.9. The van der Waals surface area contributed by atoms with Crippen LogP contribution in [0.3, 0.4) is 0 Å². The largest absolute Gasteiger partial charge is 0.444 e. The number of alkyl carbamates (subject to hydrolysis) is 1. The topological polar surface area (TPSA) is 106 Å². The van der Waals surface area contributed by atoms with Crippen molar-refractivity contribution in [2.75, 3.05) is 23.7 Å². The molecule has 1 amide bonds. The predicted molar refractivity (Wildman–Crippen MR) is 119 cm³/mol. The SMILES string of the molecule is CC1(NC(=O)OC(C)(C)C)CCN(c2cnc(Sc3ccnc(N)c3Cl)cn2)CC1. The van der Waals surface area contributed by atoms with Gasteiger partial charge in [-0.1, -0.05) is 23.4 Å². The zero-order valence-electron chi connectivity index (χ0n) is 17.6. The fourth-order valence-electron chi connectivity index (χ4n) is 3.06. The number of anilines is 2. The molecule has 2 aromatic heterocycles. The number of pyridine rings is 1. The zero-order valence-corrected chi connectivity index (χ0v) is 19.2. The summed E-state index contributed by atoms with van der Waals surface area (Å²) in [4.78, 5) is 28.1. The van der Waals surface area contributed by atoms with Crippen LogP contribution in [0, 0.1) is 0 Å². The number of ether oxygens (including phenoxy) is 1. The number of halogens is 1. The van der Waals surface area contributed by atoms with E-state index < -0.39 is 5.60 Å². The highest BCUT2D eigenvalue weighted by Crippen LogP contribution is 2.34. The van der Waals surface area contributed by atoms with Crippen molar-refractivity contribution in [3.8, 4) is 0 Å². The van der Waals surface area contributed by atoms with Gasteiger partial charge >= 0.3 is 6.09 Å². The lowest BCUT2D eigenvalue weighted by Crippen LogP contribution is -2.54. The Morgan fingerprint density at radius 3 is 2.57 bits per heavy atom. The first kappa shape index (κ1) is 22.4. The number of hydrogen-bond acceptors (Lipinski definition) is 8. The normalized spacial score (nSPS) is 16.2. The number of nitrogens with one attached hydrogen (secondary N) is 1. The quantitative estimate of drug-likeness (QED) is 0.715. The van der Waals surface area contributed by atoms with E-state index >= 15 is 0 Å². The predicted octanol–water partition coefficient (Wildman–Crippen LogP) is 4.14. The molecule has 0 atom stereocenters. The summed E-state index contributed by atoms with van der Waals surface area (Å²) >= 11 is 7.58. The van der Waals surface area contributed by atoms with Crippen molar-refractivity contribution in [3.63, 3.8) is 0 Å². The van der Waals surface area contributed by atoms with Crippen LogP contribution in [0.2, 0.25) is 5.02 Å². The monoisotopic (exact) mass is 450 g/mol. The number of nitrogens with two attached hydrogens (primary N) is 1. The maximum absolute atomic E-state index is 12.1. The maximum atomic E-state index is 12.1. The van der Waals surface area contributed by atoms with Crippen molar-refractivity contribution < 1.29 is 9.53 Å².